The molecule has 3 rings (SSSR count). The van der Waals surface area contributed by atoms with Gasteiger partial charge in [-0.1, -0.05) is 12.1 Å². The van der Waals surface area contributed by atoms with Crippen LogP contribution in [0.2, 0.25) is 0 Å². The van der Waals surface area contributed by atoms with E-state index >= 15 is 0 Å². The summed E-state index contributed by atoms with van der Waals surface area (Å²) in [6.07, 6.45) is 0.805. The molecule has 1 aromatic carbocycles. The average Bonchev–Trinajstić information content (AvgIpc) is 3.32. The van der Waals surface area contributed by atoms with Crippen LogP contribution in [0.4, 0.5) is 4.39 Å². The van der Waals surface area contributed by atoms with Crippen LogP contribution in [-0.2, 0) is 11.2 Å². The molecular weight excluding hydrogens is 363 g/mol. The fourth-order valence-electron chi connectivity index (χ4n) is 2.92. The number of rotatable bonds is 8. The maximum atomic E-state index is 13.8. The number of hydrogen-bond donors (Lipinski definition) is 1. The van der Waals surface area contributed by atoms with E-state index in [4.69, 9.17) is 4.42 Å². The largest absolute Gasteiger partial charge is 0.461 e. The Morgan fingerprint density at radius 2 is 2.04 bits per heavy atom. The second kappa shape index (κ2) is 8.97. The monoisotopic (exact) mass is 386 g/mol. The highest BCUT2D eigenvalue weighted by atomic mass is 32.1. The zero-order valence-corrected chi connectivity index (χ0v) is 16.3. The van der Waals surface area contributed by atoms with Gasteiger partial charge in [0.25, 0.3) is 0 Å². The predicted molar refractivity (Wildman–Crippen MR) is 106 cm³/mol. The number of carbonyl (C=O) groups excluding carboxylic acids is 1. The highest BCUT2D eigenvalue weighted by Gasteiger charge is 2.16. The Bertz CT molecular complexity index is 874. The van der Waals surface area contributed by atoms with Crippen molar-refractivity contribution in [1.82, 2.24) is 10.2 Å². The van der Waals surface area contributed by atoms with Gasteiger partial charge in [0, 0.05) is 19.4 Å². The number of thiophene rings is 1. The minimum Gasteiger partial charge on any atom is -0.461 e. The van der Waals surface area contributed by atoms with Crippen molar-refractivity contribution >= 4 is 17.2 Å². The molecule has 0 saturated heterocycles. The summed E-state index contributed by atoms with van der Waals surface area (Å²) in [6.45, 7) is 0.557. The molecule has 0 bridgehead atoms. The van der Waals surface area contributed by atoms with E-state index < -0.39 is 0 Å². The van der Waals surface area contributed by atoms with E-state index in [0.717, 1.165) is 0 Å². The van der Waals surface area contributed by atoms with Crippen molar-refractivity contribution in [1.29, 1.82) is 0 Å². The summed E-state index contributed by atoms with van der Waals surface area (Å²) in [4.78, 5) is 14.3. The van der Waals surface area contributed by atoms with Crippen molar-refractivity contribution in [3.8, 4) is 11.3 Å². The number of aryl methyl sites for hydroxylation is 1. The quantitative estimate of drug-likeness (QED) is 0.620. The fourth-order valence-corrected chi connectivity index (χ4v) is 3.62. The molecule has 142 valence electrons. The first-order valence-electron chi connectivity index (χ1n) is 8.83. The van der Waals surface area contributed by atoms with Crippen molar-refractivity contribution in [2.45, 2.75) is 18.9 Å². The summed E-state index contributed by atoms with van der Waals surface area (Å²) in [6, 6.07) is 12.3. The van der Waals surface area contributed by atoms with Gasteiger partial charge in [-0.15, -0.1) is 0 Å². The van der Waals surface area contributed by atoms with Gasteiger partial charge in [0.05, 0.1) is 11.6 Å². The molecule has 1 amide bonds. The van der Waals surface area contributed by atoms with Crippen molar-refractivity contribution in [3.63, 3.8) is 0 Å². The molecule has 1 atom stereocenters. The zero-order valence-electron chi connectivity index (χ0n) is 15.4. The van der Waals surface area contributed by atoms with Gasteiger partial charge in [-0.2, -0.15) is 11.3 Å². The maximum Gasteiger partial charge on any atom is 0.220 e. The molecule has 0 unspecified atom stereocenters. The third-order valence-electron chi connectivity index (χ3n) is 4.44. The Hall–Kier alpha value is -2.44. The number of furan rings is 1. The van der Waals surface area contributed by atoms with Crippen LogP contribution >= 0.6 is 11.3 Å². The van der Waals surface area contributed by atoms with Gasteiger partial charge in [0.15, 0.2) is 0 Å². The first-order chi connectivity index (χ1) is 13.0. The SMILES string of the molecule is CN(C)[C@@H](CNC(=O)CCc1ccc(-c2ccccc2F)o1)c1ccsc1. The van der Waals surface area contributed by atoms with Crippen molar-refractivity contribution < 1.29 is 13.6 Å². The second-order valence-electron chi connectivity index (χ2n) is 6.59. The van der Waals surface area contributed by atoms with Crippen LogP contribution in [0.1, 0.15) is 23.8 Å². The lowest BCUT2D eigenvalue weighted by Gasteiger charge is -2.24. The number of benzene rings is 1. The standard InChI is InChI=1S/C21H23FN2O2S/c1-24(2)19(15-11-12-27-14-15)13-23-21(25)10-8-16-7-9-20(26-16)17-5-3-4-6-18(17)22/h3-7,9,11-12,14,19H,8,10,13H2,1-2H3,(H,23,25)/t19-/m0/s1. The minimum atomic E-state index is -0.320. The van der Waals surface area contributed by atoms with Crippen molar-refractivity contribution in [3.05, 3.63) is 70.4 Å². The molecule has 0 aliphatic heterocycles. The molecular formula is C21H23FN2O2S. The number of carbonyl (C=O) groups is 1. The van der Waals surface area contributed by atoms with E-state index in [0.29, 0.717) is 36.5 Å². The predicted octanol–water partition coefficient (Wildman–Crippen LogP) is 4.50. The lowest BCUT2D eigenvalue weighted by Crippen LogP contribution is -2.34. The second-order valence-corrected chi connectivity index (χ2v) is 7.37. The Morgan fingerprint density at radius 1 is 1.22 bits per heavy atom. The molecule has 0 aliphatic carbocycles. The average molecular weight is 386 g/mol. The molecule has 0 spiro atoms. The molecule has 4 nitrogen and oxygen atoms in total. The van der Waals surface area contributed by atoms with Gasteiger partial charge < -0.3 is 14.6 Å². The summed E-state index contributed by atoms with van der Waals surface area (Å²) in [7, 11) is 4.00. The third-order valence-corrected chi connectivity index (χ3v) is 5.14. The van der Waals surface area contributed by atoms with Gasteiger partial charge in [-0.25, -0.2) is 4.39 Å². The summed E-state index contributed by atoms with van der Waals surface area (Å²) < 4.78 is 19.5. The number of hydrogen-bond acceptors (Lipinski definition) is 4. The first kappa shape index (κ1) is 19.3. The molecule has 2 heterocycles. The fraction of sp³-hybridized carbons (Fsp3) is 0.286. The zero-order chi connectivity index (χ0) is 19.2. The minimum absolute atomic E-state index is 0.0269. The molecule has 0 saturated carbocycles. The molecule has 1 N–H and O–H groups in total. The van der Waals surface area contributed by atoms with Gasteiger partial charge >= 0.3 is 0 Å². The van der Waals surface area contributed by atoms with Crippen LogP contribution in [0, 0.1) is 5.82 Å². The van der Waals surface area contributed by atoms with Crippen LogP contribution < -0.4 is 5.32 Å². The molecule has 0 radical (unpaired) electrons. The molecule has 3 aromatic rings. The Kier molecular flexibility index (Phi) is 6.42. The molecule has 6 heteroatoms. The van der Waals surface area contributed by atoms with E-state index in [9.17, 15) is 9.18 Å². The molecule has 0 aliphatic rings. The number of likely N-dealkylation sites (N-methyl/N-ethyl adjacent to an activating group) is 1. The Balaban J connectivity index is 1.52. The van der Waals surface area contributed by atoms with Crippen molar-refractivity contribution in [2.75, 3.05) is 20.6 Å². The number of nitrogens with one attached hydrogen (secondary N) is 1. The summed E-state index contributed by atoms with van der Waals surface area (Å²) in [5.41, 5.74) is 1.63. The van der Waals surface area contributed by atoms with E-state index in [2.05, 4.69) is 21.7 Å². The topological polar surface area (TPSA) is 45.5 Å². The molecule has 2 aromatic heterocycles. The maximum absolute atomic E-state index is 13.8. The highest BCUT2D eigenvalue weighted by molar-refractivity contribution is 7.07. The van der Waals surface area contributed by atoms with Crippen LogP contribution in [0.15, 0.2) is 57.6 Å². The van der Waals surface area contributed by atoms with Crippen LogP contribution in [0.25, 0.3) is 11.3 Å². The van der Waals surface area contributed by atoms with E-state index in [-0.39, 0.29) is 17.8 Å². The van der Waals surface area contributed by atoms with E-state index in [1.807, 2.05) is 19.5 Å². The normalized spacial score (nSPS) is 12.3. The Morgan fingerprint density at radius 3 is 2.74 bits per heavy atom. The third kappa shape index (κ3) is 5.05. The summed E-state index contributed by atoms with van der Waals surface area (Å²) in [5, 5.41) is 7.13. The van der Waals surface area contributed by atoms with Gasteiger partial charge in [-0.3, -0.25) is 4.79 Å². The van der Waals surface area contributed by atoms with Crippen LogP contribution in [0.5, 0.6) is 0 Å². The van der Waals surface area contributed by atoms with E-state index in [1.54, 1.807) is 41.7 Å². The summed E-state index contributed by atoms with van der Waals surface area (Å²) in [5.74, 6) is 0.805. The van der Waals surface area contributed by atoms with Crippen LogP contribution in [0.3, 0.4) is 0 Å². The number of nitrogens with zero attached hydrogens (tertiary/aromatic N) is 1. The highest BCUT2D eigenvalue weighted by Crippen LogP contribution is 2.25. The van der Waals surface area contributed by atoms with E-state index in [1.165, 1.54) is 11.6 Å². The van der Waals surface area contributed by atoms with Crippen molar-refractivity contribution in [2.24, 2.45) is 0 Å². The van der Waals surface area contributed by atoms with Gasteiger partial charge in [-0.05, 0) is 60.8 Å². The lowest BCUT2D eigenvalue weighted by atomic mass is 10.1. The van der Waals surface area contributed by atoms with Crippen LogP contribution in [-0.4, -0.2) is 31.4 Å². The molecule has 0 fully saturated rings. The first-order valence-corrected chi connectivity index (χ1v) is 9.77. The molecule has 27 heavy (non-hydrogen) atoms. The number of amides is 1. The smallest absolute Gasteiger partial charge is 0.220 e. The Labute approximate surface area is 162 Å². The van der Waals surface area contributed by atoms with Gasteiger partial charge in [0.2, 0.25) is 5.91 Å². The summed E-state index contributed by atoms with van der Waals surface area (Å²) >= 11 is 1.65. The lowest BCUT2D eigenvalue weighted by molar-refractivity contribution is -0.121. The van der Waals surface area contributed by atoms with Gasteiger partial charge in [0.1, 0.15) is 17.3 Å². The number of halogens is 1.